The number of aliphatic hydroxyl groups is 1. The first-order valence-electron chi connectivity index (χ1n) is 12.1. The number of hydrogen-bond donors (Lipinski definition) is 1. The zero-order valence-corrected chi connectivity index (χ0v) is 19.9. The van der Waals surface area contributed by atoms with Crippen LogP contribution in [0.2, 0.25) is 0 Å². The van der Waals surface area contributed by atoms with Crippen molar-refractivity contribution < 1.29 is 5.11 Å². The summed E-state index contributed by atoms with van der Waals surface area (Å²) >= 11 is 0. The van der Waals surface area contributed by atoms with Gasteiger partial charge in [-0.15, -0.1) is 0 Å². The van der Waals surface area contributed by atoms with Crippen LogP contribution in [0.5, 0.6) is 0 Å². The van der Waals surface area contributed by atoms with Gasteiger partial charge in [-0.1, -0.05) is 62.4 Å². The van der Waals surface area contributed by atoms with Gasteiger partial charge in [0, 0.05) is 39.6 Å². The maximum absolute atomic E-state index is 10.7. The summed E-state index contributed by atoms with van der Waals surface area (Å²) in [4.78, 5) is 14.9. The molecule has 2 aromatic heterocycles. The quantitative estimate of drug-likeness (QED) is 0.368. The molecule has 0 spiro atoms. The maximum Gasteiger partial charge on any atom is 0.160 e. The molecule has 2 aliphatic rings. The molecule has 3 atom stereocenters. The molecule has 2 aromatic carbocycles. The topological polar surface area (TPSA) is 82.7 Å². The van der Waals surface area contributed by atoms with Crippen LogP contribution in [0.15, 0.2) is 78.2 Å². The normalized spacial score (nSPS) is 23.5. The molecule has 2 aliphatic carbocycles. The van der Waals surface area contributed by atoms with Crippen LogP contribution >= 0.6 is 0 Å². The summed E-state index contributed by atoms with van der Waals surface area (Å²) in [6.07, 6.45) is 4.06. The Bertz CT molecular complexity index is 1530. The Hall–Kier alpha value is -4.04. The van der Waals surface area contributed by atoms with Crippen molar-refractivity contribution in [3.63, 3.8) is 0 Å². The van der Waals surface area contributed by atoms with Gasteiger partial charge in [0.05, 0.1) is 28.5 Å². The van der Waals surface area contributed by atoms with Crippen LogP contribution in [0.3, 0.4) is 0 Å². The van der Waals surface area contributed by atoms with E-state index in [-0.39, 0.29) is 23.0 Å². The smallest absolute Gasteiger partial charge is 0.160 e. The van der Waals surface area contributed by atoms with E-state index in [1.807, 2.05) is 55.6 Å². The summed E-state index contributed by atoms with van der Waals surface area (Å²) in [6, 6.07) is 22.6. The minimum atomic E-state index is -0.367. The lowest BCUT2D eigenvalue weighted by Gasteiger charge is -2.48. The Kier molecular flexibility index (Phi) is 4.93. The van der Waals surface area contributed by atoms with Crippen molar-refractivity contribution in [3.8, 4) is 28.7 Å². The van der Waals surface area contributed by atoms with Gasteiger partial charge in [-0.3, -0.25) is 4.98 Å². The molecule has 0 fully saturated rings. The van der Waals surface area contributed by atoms with Gasteiger partial charge in [0.2, 0.25) is 0 Å². The summed E-state index contributed by atoms with van der Waals surface area (Å²) in [5.74, 6) is 1.04. The van der Waals surface area contributed by atoms with E-state index in [0.717, 1.165) is 51.8 Å². The van der Waals surface area contributed by atoms with Crippen LogP contribution in [0.25, 0.3) is 33.5 Å². The second-order valence-electron chi connectivity index (χ2n) is 9.97. The highest BCUT2D eigenvalue weighted by Gasteiger charge is 2.50. The van der Waals surface area contributed by atoms with Crippen LogP contribution in [-0.4, -0.2) is 20.1 Å². The second-order valence-corrected chi connectivity index (χ2v) is 9.97. The monoisotopic (exact) mass is 458 g/mol. The van der Waals surface area contributed by atoms with E-state index in [0.29, 0.717) is 17.8 Å². The summed E-state index contributed by atoms with van der Waals surface area (Å²) in [7, 11) is 0. The number of pyridine rings is 1. The van der Waals surface area contributed by atoms with Gasteiger partial charge in [-0.05, 0) is 37.3 Å². The molecule has 0 aliphatic heterocycles. The zero-order chi connectivity index (χ0) is 24.2. The first-order valence-corrected chi connectivity index (χ1v) is 12.1. The van der Waals surface area contributed by atoms with Gasteiger partial charge < -0.3 is 5.11 Å². The Morgan fingerprint density at radius 2 is 1.80 bits per heavy atom. The van der Waals surface area contributed by atoms with Crippen molar-refractivity contribution in [1.82, 2.24) is 15.0 Å². The van der Waals surface area contributed by atoms with Crippen LogP contribution in [0.4, 0.5) is 0 Å². The largest absolute Gasteiger partial charge is 0.511 e. The number of para-hydroxylation sites is 1. The molecule has 5 heteroatoms. The number of allylic oxidation sites excluding steroid dienone is 2. The molecule has 0 saturated heterocycles. The van der Waals surface area contributed by atoms with Gasteiger partial charge in [0.1, 0.15) is 5.76 Å². The first kappa shape index (κ1) is 21.5. The third-order valence-electron chi connectivity index (χ3n) is 8.03. The highest BCUT2D eigenvalue weighted by atomic mass is 16.3. The van der Waals surface area contributed by atoms with E-state index in [1.165, 1.54) is 0 Å². The maximum atomic E-state index is 10.7. The molecular weight excluding hydrogens is 432 g/mol. The highest BCUT2D eigenvalue weighted by molar-refractivity contribution is 5.92. The average molecular weight is 459 g/mol. The minimum Gasteiger partial charge on any atom is -0.511 e. The van der Waals surface area contributed by atoms with E-state index in [9.17, 15) is 10.4 Å². The predicted octanol–water partition coefficient (Wildman–Crippen LogP) is 6.55. The van der Waals surface area contributed by atoms with Crippen molar-refractivity contribution in [1.29, 1.82) is 5.26 Å². The summed E-state index contributed by atoms with van der Waals surface area (Å²) in [5, 5.41) is 21.6. The third kappa shape index (κ3) is 3.24. The molecule has 2 heterocycles. The zero-order valence-electron chi connectivity index (χ0n) is 19.9. The number of rotatable bonds is 2. The molecule has 35 heavy (non-hydrogen) atoms. The van der Waals surface area contributed by atoms with E-state index in [1.54, 1.807) is 0 Å². The minimum absolute atomic E-state index is 0.0862. The third-order valence-corrected chi connectivity index (χ3v) is 8.03. The Labute approximate surface area is 204 Å². The van der Waals surface area contributed by atoms with Crippen molar-refractivity contribution >= 4 is 10.9 Å². The fourth-order valence-corrected chi connectivity index (χ4v) is 6.27. The molecule has 0 saturated carbocycles. The van der Waals surface area contributed by atoms with Crippen LogP contribution in [0, 0.1) is 23.2 Å². The number of aliphatic hydroxyl groups excluding tert-OH is 1. The van der Waals surface area contributed by atoms with Crippen molar-refractivity contribution in [2.24, 2.45) is 11.8 Å². The van der Waals surface area contributed by atoms with Crippen molar-refractivity contribution in [3.05, 3.63) is 89.5 Å². The van der Waals surface area contributed by atoms with E-state index in [2.05, 4.69) is 36.2 Å². The summed E-state index contributed by atoms with van der Waals surface area (Å²) in [6.45, 7) is 4.25. The SMILES string of the molecule is C[C@H]1C(O)=C(C#N)C[C@@]2(C)c3nc(-c4ccnc5ccccc45)nc(-c4ccccc4)c3CC[C@H]12. The van der Waals surface area contributed by atoms with E-state index in [4.69, 9.17) is 9.97 Å². The molecule has 0 radical (unpaired) electrons. The molecule has 4 aromatic rings. The molecule has 6 rings (SSSR count). The molecule has 0 bridgehead atoms. The lowest BCUT2D eigenvalue weighted by atomic mass is 9.56. The van der Waals surface area contributed by atoms with Gasteiger partial charge in [0.25, 0.3) is 0 Å². The van der Waals surface area contributed by atoms with Crippen molar-refractivity contribution in [2.45, 2.75) is 38.5 Å². The molecule has 5 nitrogen and oxygen atoms in total. The van der Waals surface area contributed by atoms with Crippen molar-refractivity contribution in [2.75, 3.05) is 0 Å². The Morgan fingerprint density at radius 3 is 2.60 bits per heavy atom. The number of benzene rings is 2. The summed E-state index contributed by atoms with van der Waals surface area (Å²) < 4.78 is 0. The molecule has 172 valence electrons. The van der Waals surface area contributed by atoms with E-state index >= 15 is 0 Å². The Morgan fingerprint density at radius 1 is 1.03 bits per heavy atom. The van der Waals surface area contributed by atoms with E-state index < -0.39 is 0 Å². The standard InChI is InChI=1S/C30H26N4O/c1-18-24-13-12-23-26(19-8-4-3-5-9-19)33-29(22-14-15-32-25-11-7-6-10-21(22)25)34-28(23)30(24,2)16-20(17-31)27(18)35/h3-11,14-15,18,24,35H,12-13,16H2,1-2H3/t18-,24-,30-/m1/s1. The first-order chi connectivity index (χ1) is 17.0. The molecule has 0 unspecified atom stereocenters. The van der Waals surface area contributed by atoms with Gasteiger partial charge in [-0.25, -0.2) is 9.97 Å². The van der Waals surface area contributed by atoms with Crippen LogP contribution in [0.1, 0.15) is 37.9 Å². The molecular formula is C30H26N4O. The molecule has 1 N–H and O–H groups in total. The lowest BCUT2D eigenvalue weighted by Crippen LogP contribution is -2.45. The van der Waals surface area contributed by atoms with Gasteiger partial charge >= 0.3 is 0 Å². The van der Waals surface area contributed by atoms with Crippen LogP contribution in [-0.2, 0) is 11.8 Å². The second kappa shape index (κ2) is 8.02. The number of nitrogens with zero attached hydrogens (tertiary/aromatic N) is 4. The summed E-state index contributed by atoms with van der Waals surface area (Å²) in [5.41, 5.74) is 6.14. The van der Waals surface area contributed by atoms with Crippen LogP contribution < -0.4 is 0 Å². The van der Waals surface area contributed by atoms with Gasteiger partial charge in [0.15, 0.2) is 5.82 Å². The number of aromatic nitrogens is 3. The lowest BCUT2D eigenvalue weighted by molar-refractivity contribution is 0.136. The number of fused-ring (bicyclic) bond motifs is 4. The number of hydrogen-bond acceptors (Lipinski definition) is 5. The number of nitriles is 1. The highest BCUT2D eigenvalue weighted by Crippen LogP contribution is 2.54. The fraction of sp³-hybridized carbons (Fsp3) is 0.267. The van der Waals surface area contributed by atoms with Gasteiger partial charge in [-0.2, -0.15) is 5.26 Å². The fourth-order valence-electron chi connectivity index (χ4n) is 6.27. The molecule has 0 amide bonds. The Balaban J connectivity index is 1.65. The average Bonchev–Trinajstić information content (AvgIpc) is 2.90. The predicted molar refractivity (Wildman–Crippen MR) is 136 cm³/mol.